The molecule has 11 aromatic rings. The van der Waals surface area contributed by atoms with Gasteiger partial charge in [0.25, 0.3) is 0 Å². The van der Waals surface area contributed by atoms with Crippen LogP contribution in [0.4, 0.5) is 0 Å². The van der Waals surface area contributed by atoms with Gasteiger partial charge in [0.1, 0.15) is 22.3 Å². The Morgan fingerprint density at radius 1 is 0.286 bits per heavy atom. The first-order valence-corrected chi connectivity index (χ1v) is 18.7. The van der Waals surface area contributed by atoms with E-state index in [9.17, 15) is 0 Å². The van der Waals surface area contributed by atoms with Gasteiger partial charge in [-0.05, 0) is 58.1 Å². The van der Waals surface area contributed by atoms with Crippen LogP contribution in [-0.2, 0) is 0 Å². The summed E-state index contributed by atoms with van der Waals surface area (Å²) >= 11 is 0. The van der Waals surface area contributed by atoms with Crippen molar-refractivity contribution < 1.29 is 8.83 Å². The average molecular weight is 718 g/mol. The van der Waals surface area contributed by atoms with E-state index in [0.717, 1.165) is 93.9 Å². The second-order valence-electron chi connectivity index (χ2n) is 13.9. The summed E-state index contributed by atoms with van der Waals surface area (Å²) in [5, 5.41) is 4.16. The van der Waals surface area contributed by atoms with E-state index in [-0.39, 0.29) is 0 Å². The minimum absolute atomic E-state index is 0.542. The predicted octanol–water partition coefficient (Wildman–Crippen LogP) is 13.7. The molecular weight excluding hydrogens is 687 g/mol. The predicted molar refractivity (Wildman–Crippen MR) is 227 cm³/mol. The first kappa shape index (κ1) is 31.9. The molecule has 0 aliphatic heterocycles. The van der Waals surface area contributed by atoms with Gasteiger partial charge < -0.3 is 8.83 Å². The van der Waals surface area contributed by atoms with E-state index in [4.69, 9.17) is 23.8 Å². The molecule has 0 spiro atoms. The highest BCUT2D eigenvalue weighted by molar-refractivity contribution is 6.22. The van der Waals surface area contributed by atoms with Crippen LogP contribution in [0.15, 0.2) is 197 Å². The summed E-state index contributed by atoms with van der Waals surface area (Å²) in [5.41, 5.74) is 12.4. The summed E-state index contributed by atoms with van der Waals surface area (Å²) < 4.78 is 13.5. The van der Waals surface area contributed by atoms with Gasteiger partial charge in [-0.3, -0.25) is 0 Å². The molecule has 56 heavy (non-hydrogen) atoms. The fourth-order valence-corrected chi connectivity index (χ4v) is 7.96. The summed E-state index contributed by atoms with van der Waals surface area (Å²) in [6.07, 6.45) is 0. The monoisotopic (exact) mass is 717 g/mol. The van der Waals surface area contributed by atoms with Crippen molar-refractivity contribution in [3.05, 3.63) is 188 Å². The van der Waals surface area contributed by atoms with Crippen molar-refractivity contribution in [1.82, 2.24) is 15.0 Å². The van der Waals surface area contributed by atoms with Gasteiger partial charge in [0.05, 0.1) is 5.56 Å². The molecule has 0 fully saturated rings. The van der Waals surface area contributed by atoms with E-state index >= 15 is 0 Å². The molecule has 0 saturated carbocycles. The molecule has 0 unspecified atom stereocenters. The largest absolute Gasteiger partial charge is 0.455 e. The Morgan fingerprint density at radius 3 is 1.61 bits per heavy atom. The Bertz CT molecular complexity index is 3240. The summed E-state index contributed by atoms with van der Waals surface area (Å²) in [6, 6.07) is 64.4. The molecule has 0 saturated heterocycles. The number of benzene rings is 8. The van der Waals surface area contributed by atoms with Crippen molar-refractivity contribution in [2.75, 3.05) is 0 Å². The van der Waals surface area contributed by atoms with Gasteiger partial charge in [0.2, 0.25) is 0 Å². The van der Waals surface area contributed by atoms with Gasteiger partial charge in [0, 0.05) is 38.2 Å². The van der Waals surface area contributed by atoms with Crippen molar-refractivity contribution in [3.8, 4) is 67.5 Å². The zero-order valence-corrected chi connectivity index (χ0v) is 30.1. The minimum Gasteiger partial charge on any atom is -0.455 e. The van der Waals surface area contributed by atoms with E-state index in [1.54, 1.807) is 0 Å². The molecule has 0 radical (unpaired) electrons. The maximum atomic E-state index is 6.82. The molecule has 262 valence electrons. The van der Waals surface area contributed by atoms with Crippen LogP contribution >= 0.6 is 0 Å². The molecular formula is C51H31N3O2. The topological polar surface area (TPSA) is 65.0 Å². The lowest BCUT2D eigenvalue weighted by atomic mass is 9.92. The van der Waals surface area contributed by atoms with Crippen molar-refractivity contribution in [3.63, 3.8) is 0 Å². The van der Waals surface area contributed by atoms with E-state index < -0.39 is 0 Å². The quantitative estimate of drug-likeness (QED) is 0.171. The lowest BCUT2D eigenvalue weighted by molar-refractivity contribution is 0.669. The van der Waals surface area contributed by atoms with Gasteiger partial charge in [-0.15, -0.1) is 0 Å². The molecule has 0 bridgehead atoms. The van der Waals surface area contributed by atoms with Crippen molar-refractivity contribution in [2.45, 2.75) is 0 Å². The van der Waals surface area contributed by atoms with Gasteiger partial charge in [-0.25, -0.2) is 15.0 Å². The molecule has 0 atom stereocenters. The minimum atomic E-state index is 0.542. The highest BCUT2D eigenvalue weighted by Gasteiger charge is 2.23. The smallest absolute Gasteiger partial charge is 0.167 e. The molecule has 11 rings (SSSR count). The number of furan rings is 2. The van der Waals surface area contributed by atoms with E-state index in [1.165, 1.54) is 0 Å². The fraction of sp³-hybridized carbons (Fsp3) is 0. The zero-order valence-electron chi connectivity index (χ0n) is 30.1. The van der Waals surface area contributed by atoms with Crippen LogP contribution in [-0.4, -0.2) is 15.0 Å². The number of nitrogens with zero attached hydrogens (tertiary/aromatic N) is 3. The molecule has 0 aliphatic rings. The SMILES string of the molecule is c1ccc(-c2cccc(-c3nc(-c4ccccc4)nc(-c4cccc5c4oc4cccc(-c6ccc(-c7ccccc7)c7oc8ccccc8c67)c45)n3)c2)cc1. The Balaban J connectivity index is 1.13. The van der Waals surface area contributed by atoms with Crippen LogP contribution in [0.1, 0.15) is 0 Å². The summed E-state index contributed by atoms with van der Waals surface area (Å²) in [5.74, 6) is 1.73. The first-order valence-electron chi connectivity index (χ1n) is 18.7. The van der Waals surface area contributed by atoms with Crippen LogP contribution in [0.3, 0.4) is 0 Å². The zero-order chi connectivity index (χ0) is 37.0. The summed E-state index contributed by atoms with van der Waals surface area (Å²) in [4.78, 5) is 15.3. The van der Waals surface area contributed by atoms with E-state index in [2.05, 4.69) is 121 Å². The molecule has 8 aromatic carbocycles. The third-order valence-electron chi connectivity index (χ3n) is 10.6. The molecule has 5 heteroatoms. The number of fused-ring (bicyclic) bond motifs is 6. The molecule has 0 amide bonds. The van der Waals surface area contributed by atoms with Crippen molar-refractivity contribution in [2.24, 2.45) is 0 Å². The van der Waals surface area contributed by atoms with Gasteiger partial charge in [-0.2, -0.15) is 0 Å². The highest BCUT2D eigenvalue weighted by atomic mass is 16.3. The molecule has 0 N–H and O–H groups in total. The lowest BCUT2D eigenvalue weighted by Crippen LogP contribution is -2.00. The Hall–Kier alpha value is -7.63. The Labute approximate surface area is 322 Å². The average Bonchev–Trinajstić information content (AvgIpc) is 3.86. The summed E-state index contributed by atoms with van der Waals surface area (Å²) in [7, 11) is 0. The lowest BCUT2D eigenvalue weighted by Gasteiger charge is -2.10. The standard InChI is InChI=1S/C51H31N3O2/c1-4-15-32(16-5-1)35-21-12-22-36(31-35)50-52-49(34-19-8-3-9-20-34)53-51(54-50)42-26-13-25-41-45-38(24-14-28-44(45)56-47(41)42)39-30-29-37(33-17-6-2-7-18-33)48-46(39)40-23-10-11-27-43(40)55-48/h1-31H. The fourth-order valence-electron chi connectivity index (χ4n) is 7.96. The van der Waals surface area contributed by atoms with Gasteiger partial charge in [-0.1, -0.05) is 158 Å². The van der Waals surface area contributed by atoms with Gasteiger partial charge >= 0.3 is 0 Å². The normalized spacial score (nSPS) is 11.6. The van der Waals surface area contributed by atoms with Crippen LogP contribution in [0.25, 0.3) is 111 Å². The van der Waals surface area contributed by atoms with E-state index in [0.29, 0.717) is 17.5 Å². The van der Waals surface area contributed by atoms with Gasteiger partial charge in [0.15, 0.2) is 17.5 Å². The van der Waals surface area contributed by atoms with Crippen LogP contribution in [0.5, 0.6) is 0 Å². The number of aromatic nitrogens is 3. The molecule has 5 nitrogen and oxygen atoms in total. The number of hydrogen-bond donors (Lipinski definition) is 0. The third kappa shape index (κ3) is 5.29. The molecule has 3 heterocycles. The second-order valence-corrected chi connectivity index (χ2v) is 13.9. The maximum Gasteiger partial charge on any atom is 0.167 e. The van der Waals surface area contributed by atoms with Crippen molar-refractivity contribution >= 4 is 43.9 Å². The van der Waals surface area contributed by atoms with Crippen molar-refractivity contribution in [1.29, 1.82) is 0 Å². The highest BCUT2D eigenvalue weighted by Crippen LogP contribution is 2.46. The second kappa shape index (κ2) is 13.0. The maximum absolute atomic E-state index is 6.82. The van der Waals surface area contributed by atoms with E-state index in [1.807, 2.05) is 66.7 Å². The summed E-state index contributed by atoms with van der Waals surface area (Å²) in [6.45, 7) is 0. The van der Waals surface area contributed by atoms with Crippen LogP contribution in [0, 0.1) is 0 Å². The number of para-hydroxylation sites is 2. The van der Waals surface area contributed by atoms with Crippen LogP contribution in [0.2, 0.25) is 0 Å². The Kier molecular flexibility index (Phi) is 7.42. The first-order chi connectivity index (χ1) is 27.8. The number of hydrogen-bond acceptors (Lipinski definition) is 5. The third-order valence-corrected chi connectivity index (χ3v) is 10.6. The molecule has 3 aromatic heterocycles. The molecule has 0 aliphatic carbocycles. The number of rotatable bonds is 6. The van der Waals surface area contributed by atoms with Crippen LogP contribution < -0.4 is 0 Å². The Morgan fingerprint density at radius 2 is 0.804 bits per heavy atom.